The molecule has 4 rings (SSSR count). The predicted octanol–water partition coefficient (Wildman–Crippen LogP) is 3.11. The monoisotopic (exact) mass is 391 g/mol. The van der Waals surface area contributed by atoms with Gasteiger partial charge in [-0.1, -0.05) is 26.0 Å². The number of benzene rings is 1. The van der Waals surface area contributed by atoms with Gasteiger partial charge in [0.15, 0.2) is 9.84 Å². The molecule has 0 radical (unpaired) electrons. The number of fused-ring (bicyclic) bond motifs is 1. The number of rotatable bonds is 3. The minimum absolute atomic E-state index is 0.0364. The molecule has 1 amide bonds. The first-order valence-electron chi connectivity index (χ1n) is 9.74. The SMILES string of the molecule is CC(=O)N[C@H]1C(C)(C)[C@@H]2C[C@@H]3[C@@H](c4ccc(S(C)(=O)=O)cc4)OCC[C@@]31C2. The Morgan fingerprint density at radius 1 is 1.22 bits per heavy atom. The molecule has 5 atom stereocenters. The Morgan fingerprint density at radius 2 is 1.89 bits per heavy atom. The van der Waals surface area contributed by atoms with Crippen LogP contribution in [0.5, 0.6) is 0 Å². The molecule has 2 saturated carbocycles. The lowest BCUT2D eigenvalue weighted by molar-refractivity contribution is -0.136. The van der Waals surface area contributed by atoms with Crippen molar-refractivity contribution in [2.45, 2.75) is 57.1 Å². The maximum Gasteiger partial charge on any atom is 0.217 e. The van der Waals surface area contributed by atoms with Crippen molar-refractivity contribution in [2.75, 3.05) is 12.9 Å². The van der Waals surface area contributed by atoms with Crippen LogP contribution in [0.15, 0.2) is 29.2 Å². The van der Waals surface area contributed by atoms with Crippen molar-refractivity contribution >= 4 is 15.7 Å². The van der Waals surface area contributed by atoms with Gasteiger partial charge in [-0.2, -0.15) is 0 Å². The van der Waals surface area contributed by atoms with Gasteiger partial charge in [-0.25, -0.2) is 8.42 Å². The van der Waals surface area contributed by atoms with E-state index in [0.717, 1.165) is 24.8 Å². The molecule has 2 aliphatic carbocycles. The molecule has 5 nitrogen and oxygen atoms in total. The van der Waals surface area contributed by atoms with Crippen LogP contribution in [-0.4, -0.2) is 33.2 Å². The average Bonchev–Trinajstić information content (AvgIpc) is 3.07. The van der Waals surface area contributed by atoms with E-state index >= 15 is 0 Å². The zero-order valence-electron chi connectivity index (χ0n) is 16.5. The first kappa shape index (κ1) is 18.9. The second kappa shape index (κ2) is 6.05. The lowest BCUT2D eigenvalue weighted by Crippen LogP contribution is -2.58. The third kappa shape index (κ3) is 2.83. The maximum absolute atomic E-state index is 11.9. The highest BCUT2D eigenvalue weighted by molar-refractivity contribution is 7.90. The number of hydrogen-bond donors (Lipinski definition) is 1. The van der Waals surface area contributed by atoms with Crippen molar-refractivity contribution < 1.29 is 17.9 Å². The van der Waals surface area contributed by atoms with Crippen LogP contribution in [0.3, 0.4) is 0 Å². The zero-order valence-corrected chi connectivity index (χ0v) is 17.3. The summed E-state index contributed by atoms with van der Waals surface area (Å²) in [6.45, 7) is 6.85. The Labute approximate surface area is 161 Å². The zero-order chi connectivity index (χ0) is 19.6. The summed E-state index contributed by atoms with van der Waals surface area (Å²) in [4.78, 5) is 12.3. The smallest absolute Gasteiger partial charge is 0.217 e. The molecule has 1 spiro atoms. The van der Waals surface area contributed by atoms with E-state index in [0.29, 0.717) is 23.3 Å². The summed E-state index contributed by atoms with van der Waals surface area (Å²) in [5.41, 5.74) is 1.20. The van der Waals surface area contributed by atoms with Gasteiger partial charge in [0.25, 0.3) is 0 Å². The average molecular weight is 392 g/mol. The van der Waals surface area contributed by atoms with Gasteiger partial charge in [0.1, 0.15) is 0 Å². The lowest BCUT2D eigenvalue weighted by atomic mass is 9.59. The van der Waals surface area contributed by atoms with E-state index in [2.05, 4.69) is 19.2 Å². The topological polar surface area (TPSA) is 72.5 Å². The summed E-state index contributed by atoms with van der Waals surface area (Å²) >= 11 is 0. The molecule has 6 heteroatoms. The fourth-order valence-corrected chi connectivity index (χ4v) is 6.86. The maximum atomic E-state index is 11.9. The molecule has 1 heterocycles. The summed E-state index contributed by atoms with van der Waals surface area (Å²) in [5.74, 6) is 0.957. The first-order chi connectivity index (χ1) is 12.6. The molecule has 1 aliphatic heterocycles. The number of amides is 1. The Bertz CT molecular complexity index is 861. The van der Waals surface area contributed by atoms with Gasteiger partial charge in [0, 0.05) is 25.8 Å². The van der Waals surface area contributed by atoms with Crippen LogP contribution >= 0.6 is 0 Å². The fourth-order valence-electron chi connectivity index (χ4n) is 6.23. The third-order valence-corrected chi connectivity index (χ3v) is 8.62. The van der Waals surface area contributed by atoms with Crippen molar-refractivity contribution in [1.82, 2.24) is 5.32 Å². The second-order valence-corrected chi connectivity index (χ2v) is 11.3. The summed E-state index contributed by atoms with van der Waals surface area (Å²) in [6.07, 6.45) is 4.40. The molecule has 2 bridgehead atoms. The number of hydrogen-bond acceptors (Lipinski definition) is 4. The van der Waals surface area contributed by atoms with E-state index in [1.807, 2.05) is 12.1 Å². The largest absolute Gasteiger partial charge is 0.373 e. The Hall–Kier alpha value is -1.40. The van der Waals surface area contributed by atoms with Crippen molar-refractivity contribution in [3.05, 3.63) is 29.8 Å². The van der Waals surface area contributed by atoms with Crippen LogP contribution in [0.1, 0.15) is 51.7 Å². The van der Waals surface area contributed by atoms with Crippen LogP contribution in [0.4, 0.5) is 0 Å². The van der Waals surface area contributed by atoms with E-state index in [4.69, 9.17) is 4.74 Å². The first-order valence-corrected chi connectivity index (χ1v) is 11.6. The van der Waals surface area contributed by atoms with Crippen LogP contribution in [-0.2, 0) is 19.4 Å². The number of carbonyl (C=O) groups excluding carboxylic acids is 1. The molecule has 148 valence electrons. The highest BCUT2D eigenvalue weighted by atomic mass is 32.2. The van der Waals surface area contributed by atoms with Crippen LogP contribution < -0.4 is 5.32 Å². The van der Waals surface area contributed by atoms with Crippen molar-refractivity contribution in [3.8, 4) is 0 Å². The van der Waals surface area contributed by atoms with Crippen molar-refractivity contribution in [1.29, 1.82) is 0 Å². The van der Waals surface area contributed by atoms with Gasteiger partial charge < -0.3 is 10.1 Å². The second-order valence-electron chi connectivity index (χ2n) is 9.31. The normalized spacial score (nSPS) is 37.0. The Morgan fingerprint density at radius 3 is 2.48 bits per heavy atom. The molecule has 1 aromatic rings. The van der Waals surface area contributed by atoms with Gasteiger partial charge in [0.2, 0.25) is 5.91 Å². The van der Waals surface area contributed by atoms with Gasteiger partial charge in [-0.05, 0) is 59.6 Å². The molecular formula is C21H29NO4S. The molecule has 27 heavy (non-hydrogen) atoms. The fraction of sp³-hybridized carbons (Fsp3) is 0.667. The summed E-state index contributed by atoms with van der Waals surface area (Å²) in [5, 5.41) is 3.28. The van der Waals surface area contributed by atoms with Crippen LogP contribution in [0.2, 0.25) is 0 Å². The molecule has 0 unspecified atom stereocenters. The van der Waals surface area contributed by atoms with E-state index in [1.54, 1.807) is 19.1 Å². The number of nitrogens with one attached hydrogen (secondary N) is 1. The molecule has 1 saturated heterocycles. The number of sulfone groups is 1. The van der Waals surface area contributed by atoms with Gasteiger partial charge in [-0.3, -0.25) is 4.79 Å². The minimum atomic E-state index is -3.20. The molecular weight excluding hydrogens is 362 g/mol. The van der Waals surface area contributed by atoms with E-state index < -0.39 is 9.84 Å². The number of carbonyl (C=O) groups is 1. The number of ether oxygens (including phenoxy) is 1. The van der Waals surface area contributed by atoms with Crippen molar-refractivity contribution in [3.63, 3.8) is 0 Å². The standard InChI is InChI=1S/C21H29NO4S/c1-13(23)22-19-20(2,3)15-11-17-18(26-10-9-21(17,19)12-15)14-5-7-16(8-6-14)27(4,24)25/h5-8,15,17-19H,9-12H2,1-4H3,(H,22,23)/t15-,17-,18-,19+,21-/m1/s1. The van der Waals surface area contributed by atoms with Gasteiger partial charge in [-0.15, -0.1) is 0 Å². The van der Waals surface area contributed by atoms with E-state index in [-0.39, 0.29) is 28.9 Å². The summed E-state index contributed by atoms with van der Waals surface area (Å²) in [6, 6.07) is 7.30. The van der Waals surface area contributed by atoms with Gasteiger partial charge in [0.05, 0.1) is 11.0 Å². The van der Waals surface area contributed by atoms with Crippen LogP contribution in [0, 0.1) is 22.7 Å². The van der Waals surface area contributed by atoms with E-state index in [9.17, 15) is 13.2 Å². The highest BCUT2D eigenvalue weighted by Crippen LogP contribution is 2.70. The molecule has 0 aromatic heterocycles. The summed E-state index contributed by atoms with van der Waals surface area (Å²) < 4.78 is 29.7. The Balaban J connectivity index is 1.68. The quantitative estimate of drug-likeness (QED) is 0.859. The highest BCUT2D eigenvalue weighted by Gasteiger charge is 2.68. The molecule has 1 aromatic carbocycles. The summed E-state index contributed by atoms with van der Waals surface area (Å²) in [7, 11) is -3.20. The minimum Gasteiger partial charge on any atom is -0.373 e. The van der Waals surface area contributed by atoms with Crippen LogP contribution in [0.25, 0.3) is 0 Å². The molecule has 3 fully saturated rings. The predicted molar refractivity (Wildman–Crippen MR) is 103 cm³/mol. The third-order valence-electron chi connectivity index (χ3n) is 7.49. The Kier molecular flexibility index (Phi) is 4.24. The van der Waals surface area contributed by atoms with E-state index in [1.165, 1.54) is 6.26 Å². The lowest BCUT2D eigenvalue weighted by Gasteiger charge is -2.53. The van der Waals surface area contributed by atoms with Gasteiger partial charge >= 0.3 is 0 Å². The molecule has 3 aliphatic rings. The molecule has 1 N–H and O–H groups in total. The van der Waals surface area contributed by atoms with Crippen molar-refractivity contribution in [2.24, 2.45) is 22.7 Å².